The minimum Gasteiger partial charge on any atom is -0.478 e. The number of carbonyl (C=O) groups is 3. The molecule has 1 heterocycles. The van der Waals surface area contributed by atoms with Crippen molar-refractivity contribution in [2.75, 3.05) is 5.32 Å². The van der Waals surface area contributed by atoms with Crippen molar-refractivity contribution in [2.45, 2.75) is 13.8 Å². The van der Waals surface area contributed by atoms with Crippen LogP contribution < -0.4 is 10.1 Å². The highest BCUT2D eigenvalue weighted by Crippen LogP contribution is 2.35. The summed E-state index contributed by atoms with van der Waals surface area (Å²) in [6.45, 7) is 2.42. The summed E-state index contributed by atoms with van der Waals surface area (Å²) in [6, 6.07) is 6.34. The molecule has 0 unspecified atom stereocenters. The topological polar surface area (TPSA) is 106 Å². The molecule has 7 heteroatoms. The number of carboxylic acids is 1. The minimum absolute atomic E-state index is 0.103. The largest absolute Gasteiger partial charge is 0.478 e. The number of nitrogens with one attached hydrogen (secondary N) is 1. The number of hydrogen-bond acceptors (Lipinski definition) is 5. The molecule has 0 aliphatic carbocycles. The zero-order valence-electron chi connectivity index (χ0n) is 12.5. The number of pyridine rings is 1. The first-order valence-corrected chi connectivity index (χ1v) is 6.66. The van der Waals surface area contributed by atoms with Crippen molar-refractivity contribution >= 4 is 23.5 Å². The van der Waals surface area contributed by atoms with Gasteiger partial charge in [0.25, 0.3) is 0 Å². The summed E-state index contributed by atoms with van der Waals surface area (Å²) in [4.78, 5) is 38.1. The summed E-state index contributed by atoms with van der Waals surface area (Å²) in [5, 5.41) is 11.9. The molecule has 0 aliphatic rings. The van der Waals surface area contributed by atoms with Gasteiger partial charge < -0.3 is 15.2 Å². The van der Waals surface area contributed by atoms with Gasteiger partial charge in [-0.1, -0.05) is 6.07 Å². The lowest BCUT2D eigenvalue weighted by Gasteiger charge is -2.14. The summed E-state index contributed by atoms with van der Waals surface area (Å²) in [5.41, 5.74) is 1.06. The molecule has 118 valence electrons. The zero-order valence-corrected chi connectivity index (χ0v) is 12.5. The van der Waals surface area contributed by atoms with Gasteiger partial charge in [0.1, 0.15) is 5.56 Å². The van der Waals surface area contributed by atoms with E-state index in [4.69, 9.17) is 4.74 Å². The van der Waals surface area contributed by atoms with E-state index in [0.717, 1.165) is 6.92 Å². The molecule has 0 bridgehead atoms. The Labute approximate surface area is 131 Å². The van der Waals surface area contributed by atoms with Crippen LogP contribution in [0.15, 0.2) is 36.7 Å². The number of aromatic carboxylic acids is 1. The lowest BCUT2D eigenvalue weighted by Crippen LogP contribution is -2.13. The fourth-order valence-corrected chi connectivity index (χ4v) is 2.02. The quantitative estimate of drug-likeness (QED) is 0.663. The molecule has 0 atom stereocenters. The van der Waals surface area contributed by atoms with Crippen molar-refractivity contribution in [2.24, 2.45) is 0 Å². The number of anilines is 1. The molecule has 0 spiro atoms. The first-order chi connectivity index (χ1) is 10.9. The third kappa shape index (κ3) is 3.91. The molecule has 0 saturated carbocycles. The standard InChI is InChI=1S/C16H14N2O5/c1-9(19)18-14-7-12(11-4-3-5-17-8-11)6-13(16(21)22)15(14)23-10(2)20/h3-8H,1-2H3,(H,18,19)(H,21,22). The monoisotopic (exact) mass is 314 g/mol. The molecule has 0 fully saturated rings. The molecule has 0 radical (unpaired) electrons. The SMILES string of the molecule is CC(=O)Nc1cc(-c2cccnc2)cc(C(=O)O)c1OC(C)=O. The summed E-state index contributed by atoms with van der Waals surface area (Å²) in [7, 11) is 0. The van der Waals surface area contributed by atoms with Gasteiger partial charge in [-0.15, -0.1) is 0 Å². The normalized spacial score (nSPS) is 10.0. The van der Waals surface area contributed by atoms with Crippen molar-refractivity contribution < 1.29 is 24.2 Å². The van der Waals surface area contributed by atoms with E-state index in [0.29, 0.717) is 11.1 Å². The molecule has 0 saturated heterocycles. The van der Waals surface area contributed by atoms with Crippen molar-refractivity contribution in [1.29, 1.82) is 0 Å². The van der Waals surface area contributed by atoms with E-state index in [1.807, 2.05) is 0 Å². The third-order valence-electron chi connectivity index (χ3n) is 2.87. The fraction of sp³-hybridized carbons (Fsp3) is 0.125. The predicted octanol–water partition coefficient (Wildman–Crippen LogP) is 2.33. The lowest BCUT2D eigenvalue weighted by molar-refractivity contribution is -0.131. The molecule has 0 aliphatic heterocycles. The summed E-state index contributed by atoms with van der Waals surface area (Å²) < 4.78 is 4.98. The van der Waals surface area contributed by atoms with E-state index >= 15 is 0 Å². The van der Waals surface area contributed by atoms with Gasteiger partial charge >= 0.3 is 11.9 Å². The van der Waals surface area contributed by atoms with Crippen LogP contribution in [0.25, 0.3) is 11.1 Å². The van der Waals surface area contributed by atoms with Gasteiger partial charge in [0.2, 0.25) is 5.91 Å². The van der Waals surface area contributed by atoms with Gasteiger partial charge in [-0.3, -0.25) is 14.6 Å². The Balaban J connectivity index is 2.68. The van der Waals surface area contributed by atoms with Crippen LogP contribution in [-0.4, -0.2) is 27.9 Å². The van der Waals surface area contributed by atoms with E-state index < -0.39 is 17.8 Å². The Hall–Kier alpha value is -3.22. The second-order valence-electron chi connectivity index (χ2n) is 4.72. The van der Waals surface area contributed by atoms with E-state index in [1.54, 1.807) is 24.5 Å². The van der Waals surface area contributed by atoms with Crippen LogP contribution in [-0.2, 0) is 9.59 Å². The van der Waals surface area contributed by atoms with E-state index in [2.05, 4.69) is 10.3 Å². The number of amides is 1. The number of hydrogen-bond donors (Lipinski definition) is 2. The Morgan fingerprint density at radius 1 is 1.17 bits per heavy atom. The van der Waals surface area contributed by atoms with Crippen molar-refractivity contribution in [3.8, 4) is 16.9 Å². The fourth-order valence-electron chi connectivity index (χ4n) is 2.02. The van der Waals surface area contributed by atoms with Gasteiger partial charge in [-0.25, -0.2) is 4.79 Å². The second kappa shape index (κ2) is 6.69. The van der Waals surface area contributed by atoms with Crippen molar-refractivity contribution in [3.05, 3.63) is 42.2 Å². The third-order valence-corrected chi connectivity index (χ3v) is 2.87. The maximum absolute atomic E-state index is 11.5. The molecule has 7 nitrogen and oxygen atoms in total. The molecule has 1 aromatic heterocycles. The van der Waals surface area contributed by atoms with Crippen LogP contribution in [0.1, 0.15) is 24.2 Å². The molecule has 2 rings (SSSR count). The number of esters is 1. The maximum Gasteiger partial charge on any atom is 0.339 e. The van der Waals surface area contributed by atoms with E-state index in [9.17, 15) is 19.5 Å². The Bertz CT molecular complexity index is 772. The van der Waals surface area contributed by atoms with Gasteiger partial charge in [0.05, 0.1) is 5.69 Å². The van der Waals surface area contributed by atoms with Crippen LogP contribution >= 0.6 is 0 Å². The second-order valence-corrected chi connectivity index (χ2v) is 4.72. The summed E-state index contributed by atoms with van der Waals surface area (Å²) >= 11 is 0. The first-order valence-electron chi connectivity index (χ1n) is 6.66. The van der Waals surface area contributed by atoms with Gasteiger partial charge in [0, 0.05) is 31.8 Å². The first kappa shape index (κ1) is 16.2. The average molecular weight is 314 g/mol. The Morgan fingerprint density at radius 3 is 2.43 bits per heavy atom. The molecule has 1 aromatic carbocycles. The van der Waals surface area contributed by atoms with E-state index in [-0.39, 0.29) is 17.0 Å². The number of rotatable bonds is 4. The number of nitrogens with zero attached hydrogens (tertiary/aromatic N) is 1. The predicted molar refractivity (Wildman–Crippen MR) is 82.2 cm³/mol. The molecule has 2 N–H and O–H groups in total. The molecular weight excluding hydrogens is 300 g/mol. The van der Waals surface area contributed by atoms with Crippen LogP contribution in [0, 0.1) is 0 Å². The molecule has 1 amide bonds. The Morgan fingerprint density at radius 2 is 1.91 bits per heavy atom. The van der Waals surface area contributed by atoms with Gasteiger partial charge in [-0.05, 0) is 23.8 Å². The molecular formula is C16H14N2O5. The minimum atomic E-state index is -1.28. The van der Waals surface area contributed by atoms with Crippen LogP contribution in [0.3, 0.4) is 0 Å². The van der Waals surface area contributed by atoms with Crippen LogP contribution in [0.5, 0.6) is 5.75 Å². The summed E-state index contributed by atoms with van der Waals surface area (Å²) in [5.74, 6) is -2.59. The number of benzene rings is 1. The van der Waals surface area contributed by atoms with Crippen molar-refractivity contribution in [1.82, 2.24) is 4.98 Å². The average Bonchev–Trinajstić information content (AvgIpc) is 2.48. The highest BCUT2D eigenvalue weighted by Gasteiger charge is 2.20. The smallest absolute Gasteiger partial charge is 0.339 e. The molecule has 2 aromatic rings. The summed E-state index contributed by atoms with van der Waals surface area (Å²) in [6.07, 6.45) is 3.15. The van der Waals surface area contributed by atoms with Crippen LogP contribution in [0.2, 0.25) is 0 Å². The molecule has 23 heavy (non-hydrogen) atoms. The van der Waals surface area contributed by atoms with Crippen LogP contribution in [0.4, 0.5) is 5.69 Å². The lowest BCUT2D eigenvalue weighted by atomic mass is 10.0. The number of aromatic nitrogens is 1. The number of carboxylic acid groups (broad SMARTS) is 1. The maximum atomic E-state index is 11.5. The Kier molecular flexibility index (Phi) is 4.70. The highest BCUT2D eigenvalue weighted by atomic mass is 16.5. The number of carbonyl (C=O) groups excluding carboxylic acids is 2. The van der Waals surface area contributed by atoms with Crippen molar-refractivity contribution in [3.63, 3.8) is 0 Å². The van der Waals surface area contributed by atoms with E-state index in [1.165, 1.54) is 19.1 Å². The van der Waals surface area contributed by atoms with Gasteiger partial charge in [-0.2, -0.15) is 0 Å². The highest BCUT2D eigenvalue weighted by molar-refractivity contribution is 6.00. The van der Waals surface area contributed by atoms with Gasteiger partial charge in [0.15, 0.2) is 5.75 Å². The number of ether oxygens (including phenoxy) is 1. The zero-order chi connectivity index (χ0) is 17.0.